The molecule has 1 fully saturated rings. The van der Waals surface area contributed by atoms with Gasteiger partial charge in [-0.1, -0.05) is 0 Å². The normalized spacial score (nSPS) is 19.3. The van der Waals surface area contributed by atoms with E-state index in [2.05, 4.69) is 5.32 Å². The molecule has 1 aliphatic heterocycles. The molecule has 0 aromatic heterocycles. The van der Waals surface area contributed by atoms with Crippen LogP contribution in [-0.2, 0) is 6.54 Å². The fourth-order valence-corrected chi connectivity index (χ4v) is 2.63. The minimum Gasteiger partial charge on any atom is -0.493 e. The van der Waals surface area contributed by atoms with Crippen molar-refractivity contribution in [1.29, 1.82) is 0 Å². The molecule has 110 valence electrons. The molecule has 2 N–H and O–H groups in total. The van der Waals surface area contributed by atoms with Crippen molar-refractivity contribution in [2.24, 2.45) is 0 Å². The van der Waals surface area contributed by atoms with Crippen molar-refractivity contribution < 1.29 is 19.3 Å². The van der Waals surface area contributed by atoms with E-state index in [1.54, 1.807) is 7.11 Å². The number of ether oxygens (including phenoxy) is 3. The Hall–Kier alpha value is -1.46. The second-order valence-corrected chi connectivity index (χ2v) is 5.50. The average Bonchev–Trinajstić information content (AvgIpc) is 2.44. The lowest BCUT2D eigenvalue weighted by Gasteiger charge is -2.36. The van der Waals surface area contributed by atoms with Gasteiger partial charge in [-0.25, -0.2) is 0 Å². The Labute approximate surface area is 118 Å². The molecule has 1 saturated carbocycles. The van der Waals surface area contributed by atoms with Crippen LogP contribution in [0, 0.1) is 0 Å². The minimum atomic E-state index is -0.502. The van der Waals surface area contributed by atoms with E-state index in [1.807, 2.05) is 12.1 Å². The van der Waals surface area contributed by atoms with Crippen LogP contribution in [0.15, 0.2) is 12.1 Å². The number of aliphatic hydroxyl groups is 1. The number of hydrogen-bond donors (Lipinski definition) is 2. The number of benzene rings is 1. The largest absolute Gasteiger partial charge is 0.493 e. The molecule has 1 heterocycles. The molecule has 0 unspecified atom stereocenters. The van der Waals surface area contributed by atoms with Gasteiger partial charge >= 0.3 is 0 Å². The van der Waals surface area contributed by atoms with Crippen molar-refractivity contribution in [1.82, 2.24) is 5.32 Å². The number of rotatable bonds is 5. The lowest BCUT2D eigenvalue weighted by Crippen LogP contribution is -2.45. The molecule has 5 nitrogen and oxygen atoms in total. The fraction of sp³-hybridized carbons (Fsp3) is 0.600. The van der Waals surface area contributed by atoms with Crippen molar-refractivity contribution in [3.05, 3.63) is 17.7 Å². The highest BCUT2D eigenvalue weighted by Gasteiger charge is 2.33. The average molecular weight is 279 g/mol. The van der Waals surface area contributed by atoms with Crippen molar-refractivity contribution in [3.8, 4) is 17.2 Å². The standard InChI is InChI=1S/C15H21NO4/c1-18-12-7-11(8-13-14(12)20-6-5-19-13)9-16-10-15(17)3-2-4-15/h7-8,16-17H,2-6,9-10H2,1H3. The molecule has 20 heavy (non-hydrogen) atoms. The number of hydrogen-bond acceptors (Lipinski definition) is 5. The summed E-state index contributed by atoms with van der Waals surface area (Å²) in [4.78, 5) is 0. The first kappa shape index (κ1) is 13.5. The zero-order valence-electron chi connectivity index (χ0n) is 11.8. The maximum absolute atomic E-state index is 10.0. The Kier molecular flexibility index (Phi) is 3.72. The summed E-state index contributed by atoms with van der Waals surface area (Å²) in [6, 6.07) is 3.92. The zero-order valence-corrected chi connectivity index (χ0v) is 11.8. The summed E-state index contributed by atoms with van der Waals surface area (Å²) in [5.74, 6) is 2.11. The van der Waals surface area contributed by atoms with Gasteiger partial charge in [0.05, 0.1) is 12.7 Å². The second kappa shape index (κ2) is 5.50. The van der Waals surface area contributed by atoms with Gasteiger partial charge in [-0.2, -0.15) is 0 Å². The minimum absolute atomic E-state index is 0.502. The summed E-state index contributed by atoms with van der Waals surface area (Å²) < 4.78 is 16.5. The predicted molar refractivity (Wildman–Crippen MR) is 74.5 cm³/mol. The Morgan fingerprint density at radius 2 is 2.10 bits per heavy atom. The maximum Gasteiger partial charge on any atom is 0.203 e. The van der Waals surface area contributed by atoms with Gasteiger partial charge in [0.15, 0.2) is 11.5 Å². The summed E-state index contributed by atoms with van der Waals surface area (Å²) in [5, 5.41) is 13.3. The van der Waals surface area contributed by atoms with Gasteiger partial charge in [-0.3, -0.25) is 0 Å². The van der Waals surface area contributed by atoms with E-state index in [0.29, 0.717) is 37.8 Å². The monoisotopic (exact) mass is 279 g/mol. The van der Waals surface area contributed by atoms with E-state index in [9.17, 15) is 5.11 Å². The smallest absolute Gasteiger partial charge is 0.203 e. The van der Waals surface area contributed by atoms with E-state index < -0.39 is 5.60 Å². The van der Waals surface area contributed by atoms with E-state index in [0.717, 1.165) is 30.6 Å². The fourth-order valence-electron chi connectivity index (χ4n) is 2.63. The Bertz CT molecular complexity index is 468. The molecule has 2 aliphatic rings. The summed E-state index contributed by atoms with van der Waals surface area (Å²) >= 11 is 0. The molecule has 0 saturated heterocycles. The third-order valence-corrected chi connectivity index (χ3v) is 3.96. The highest BCUT2D eigenvalue weighted by Crippen LogP contribution is 2.40. The number of fused-ring (bicyclic) bond motifs is 1. The van der Waals surface area contributed by atoms with Gasteiger partial charge in [-0.15, -0.1) is 0 Å². The van der Waals surface area contributed by atoms with Crippen LogP contribution >= 0.6 is 0 Å². The summed E-state index contributed by atoms with van der Waals surface area (Å²) in [5.41, 5.74) is 0.562. The SMILES string of the molecule is COc1cc(CNCC2(O)CCC2)cc2c1OCCO2. The van der Waals surface area contributed by atoms with Gasteiger partial charge in [0.1, 0.15) is 13.2 Å². The van der Waals surface area contributed by atoms with E-state index in [4.69, 9.17) is 14.2 Å². The lowest BCUT2D eigenvalue weighted by molar-refractivity contribution is -0.0314. The van der Waals surface area contributed by atoms with Gasteiger partial charge in [-0.05, 0) is 37.0 Å². The highest BCUT2D eigenvalue weighted by molar-refractivity contribution is 5.54. The molecular formula is C15H21NO4. The van der Waals surface area contributed by atoms with Gasteiger partial charge in [0.2, 0.25) is 5.75 Å². The summed E-state index contributed by atoms with van der Waals surface area (Å²) in [6.45, 7) is 2.42. The van der Waals surface area contributed by atoms with Crippen molar-refractivity contribution >= 4 is 0 Å². The molecule has 1 aromatic carbocycles. The molecule has 5 heteroatoms. The number of nitrogens with one attached hydrogen (secondary N) is 1. The molecule has 1 aliphatic carbocycles. The molecular weight excluding hydrogens is 258 g/mol. The highest BCUT2D eigenvalue weighted by atomic mass is 16.6. The van der Waals surface area contributed by atoms with Crippen LogP contribution in [0.3, 0.4) is 0 Å². The van der Waals surface area contributed by atoms with Crippen LogP contribution in [0.25, 0.3) is 0 Å². The molecule has 1 aromatic rings. The lowest BCUT2D eigenvalue weighted by atomic mass is 9.80. The molecule has 0 atom stereocenters. The van der Waals surface area contributed by atoms with E-state index >= 15 is 0 Å². The van der Waals surface area contributed by atoms with E-state index in [-0.39, 0.29) is 0 Å². The van der Waals surface area contributed by atoms with Crippen LogP contribution in [-0.4, -0.2) is 37.6 Å². The molecule has 0 bridgehead atoms. The van der Waals surface area contributed by atoms with E-state index in [1.165, 1.54) is 0 Å². The Morgan fingerprint density at radius 1 is 1.30 bits per heavy atom. The molecule has 0 radical (unpaired) electrons. The van der Waals surface area contributed by atoms with Crippen LogP contribution in [0.1, 0.15) is 24.8 Å². The first-order valence-electron chi connectivity index (χ1n) is 7.10. The quantitative estimate of drug-likeness (QED) is 0.855. The van der Waals surface area contributed by atoms with Crippen molar-refractivity contribution in [2.45, 2.75) is 31.4 Å². The predicted octanol–water partition coefficient (Wildman–Crippen LogP) is 1.47. The van der Waals surface area contributed by atoms with Crippen molar-refractivity contribution in [3.63, 3.8) is 0 Å². The van der Waals surface area contributed by atoms with Crippen LogP contribution in [0.2, 0.25) is 0 Å². The van der Waals surface area contributed by atoms with Gasteiger partial charge in [0, 0.05) is 13.1 Å². The molecule has 0 spiro atoms. The Balaban J connectivity index is 1.66. The van der Waals surface area contributed by atoms with Crippen molar-refractivity contribution in [2.75, 3.05) is 26.9 Å². The summed E-state index contributed by atoms with van der Waals surface area (Å²) in [6.07, 6.45) is 2.91. The first-order chi connectivity index (χ1) is 9.70. The topological polar surface area (TPSA) is 60.0 Å². The van der Waals surface area contributed by atoms with Crippen LogP contribution in [0.4, 0.5) is 0 Å². The van der Waals surface area contributed by atoms with Gasteiger partial charge < -0.3 is 24.6 Å². The zero-order chi connectivity index (χ0) is 14.0. The Morgan fingerprint density at radius 3 is 2.80 bits per heavy atom. The summed E-state index contributed by atoms with van der Waals surface area (Å²) in [7, 11) is 1.63. The van der Waals surface area contributed by atoms with Gasteiger partial charge in [0.25, 0.3) is 0 Å². The van der Waals surface area contributed by atoms with Crippen LogP contribution < -0.4 is 19.5 Å². The van der Waals surface area contributed by atoms with Crippen LogP contribution in [0.5, 0.6) is 17.2 Å². The third kappa shape index (κ3) is 2.69. The second-order valence-electron chi connectivity index (χ2n) is 5.50. The third-order valence-electron chi connectivity index (χ3n) is 3.96. The number of methoxy groups -OCH3 is 1. The first-order valence-corrected chi connectivity index (χ1v) is 7.10. The molecule has 3 rings (SSSR count). The molecule has 0 amide bonds. The maximum atomic E-state index is 10.0.